The Hall–Kier alpha value is -3.02. The van der Waals surface area contributed by atoms with E-state index in [1.807, 2.05) is 12.1 Å². The summed E-state index contributed by atoms with van der Waals surface area (Å²) in [6.07, 6.45) is 1.45. The predicted octanol–water partition coefficient (Wildman–Crippen LogP) is 3.93. The fraction of sp³-hybridized carbons (Fsp3) is 0.286. The molecule has 0 atom stereocenters. The van der Waals surface area contributed by atoms with E-state index in [2.05, 4.69) is 34.7 Å². The molecule has 2 aromatic carbocycles. The van der Waals surface area contributed by atoms with Crippen LogP contribution in [0.15, 0.2) is 48.5 Å². The molecule has 3 aromatic rings. The molecule has 0 saturated carbocycles. The monoisotopic (exact) mass is 369 g/mol. The van der Waals surface area contributed by atoms with Gasteiger partial charge >= 0.3 is 6.03 Å². The molecule has 0 unspecified atom stereocenters. The second-order valence-corrected chi connectivity index (χ2v) is 6.36. The molecule has 142 valence electrons. The van der Waals surface area contributed by atoms with Crippen molar-refractivity contribution in [1.29, 1.82) is 0 Å². The van der Waals surface area contributed by atoms with Crippen molar-refractivity contribution in [3.05, 3.63) is 65.6 Å². The molecule has 3 N–H and O–H groups in total. The number of aryl methyl sites for hydroxylation is 1. The summed E-state index contributed by atoms with van der Waals surface area (Å²) in [5.74, 6) is 0.332. The summed E-state index contributed by atoms with van der Waals surface area (Å²) in [4.78, 5) is 15.2. The van der Waals surface area contributed by atoms with Gasteiger partial charge < -0.3 is 20.4 Å². The molecule has 2 amide bonds. The van der Waals surface area contributed by atoms with Gasteiger partial charge in [-0.3, -0.25) is 0 Å². The first-order chi connectivity index (χ1) is 13.1. The van der Waals surface area contributed by atoms with Gasteiger partial charge in [-0.1, -0.05) is 18.2 Å². The number of para-hydroxylation sites is 1. The predicted molar refractivity (Wildman–Crippen MR) is 105 cm³/mol. The summed E-state index contributed by atoms with van der Waals surface area (Å²) >= 11 is 0. The standard InChI is InChI=1S/C21H24FN3O2/c1-15-18(19-5-2-3-6-20(19)25-15)11-13-24-21(26)23-12-4-14-27-17-9-7-16(22)8-10-17/h2-3,5-10,25H,4,11-14H2,1H3,(H2,23,24,26). The number of halogens is 1. The Kier molecular flexibility index (Phi) is 6.30. The second-order valence-electron chi connectivity index (χ2n) is 6.36. The van der Waals surface area contributed by atoms with Crippen molar-refractivity contribution in [2.75, 3.05) is 19.7 Å². The van der Waals surface area contributed by atoms with Crippen molar-refractivity contribution >= 4 is 16.9 Å². The Labute approximate surface area is 157 Å². The number of urea groups is 1. The van der Waals surface area contributed by atoms with Crippen LogP contribution in [0, 0.1) is 12.7 Å². The van der Waals surface area contributed by atoms with E-state index in [1.54, 1.807) is 12.1 Å². The maximum atomic E-state index is 12.8. The third-order valence-corrected chi connectivity index (χ3v) is 4.38. The number of carbonyl (C=O) groups excluding carboxylic acids is 1. The first-order valence-corrected chi connectivity index (χ1v) is 9.10. The van der Waals surface area contributed by atoms with Crippen LogP contribution in [0.3, 0.4) is 0 Å². The number of nitrogens with one attached hydrogen (secondary N) is 3. The number of hydrogen-bond donors (Lipinski definition) is 3. The molecule has 0 spiro atoms. The third kappa shape index (κ3) is 5.23. The van der Waals surface area contributed by atoms with Gasteiger partial charge in [0.25, 0.3) is 0 Å². The Morgan fingerprint density at radius 3 is 2.63 bits per heavy atom. The van der Waals surface area contributed by atoms with Gasteiger partial charge in [-0.25, -0.2) is 9.18 Å². The van der Waals surface area contributed by atoms with Gasteiger partial charge in [-0.05, 0) is 55.7 Å². The lowest BCUT2D eigenvalue weighted by molar-refractivity contribution is 0.239. The Morgan fingerprint density at radius 1 is 1.07 bits per heavy atom. The van der Waals surface area contributed by atoms with Crippen molar-refractivity contribution in [2.24, 2.45) is 0 Å². The largest absolute Gasteiger partial charge is 0.494 e. The van der Waals surface area contributed by atoms with Gasteiger partial charge in [0.05, 0.1) is 6.61 Å². The first kappa shape index (κ1) is 18.8. The van der Waals surface area contributed by atoms with Crippen LogP contribution in [0.4, 0.5) is 9.18 Å². The highest BCUT2D eigenvalue weighted by Crippen LogP contribution is 2.21. The number of aromatic amines is 1. The van der Waals surface area contributed by atoms with Crippen molar-refractivity contribution in [2.45, 2.75) is 19.8 Å². The first-order valence-electron chi connectivity index (χ1n) is 9.10. The highest BCUT2D eigenvalue weighted by atomic mass is 19.1. The van der Waals surface area contributed by atoms with E-state index in [1.165, 1.54) is 23.1 Å². The van der Waals surface area contributed by atoms with Crippen LogP contribution in [0.25, 0.3) is 10.9 Å². The molecule has 1 aromatic heterocycles. The molecule has 0 aliphatic rings. The minimum atomic E-state index is -0.288. The fourth-order valence-corrected chi connectivity index (χ4v) is 3.02. The number of aromatic nitrogens is 1. The molecule has 5 nitrogen and oxygen atoms in total. The molecule has 27 heavy (non-hydrogen) atoms. The minimum absolute atomic E-state index is 0.186. The number of H-pyrrole nitrogens is 1. The van der Waals surface area contributed by atoms with Gasteiger partial charge in [0.15, 0.2) is 0 Å². The van der Waals surface area contributed by atoms with Crippen LogP contribution in [-0.2, 0) is 6.42 Å². The van der Waals surface area contributed by atoms with Gasteiger partial charge in [0.1, 0.15) is 11.6 Å². The summed E-state index contributed by atoms with van der Waals surface area (Å²) in [7, 11) is 0. The maximum Gasteiger partial charge on any atom is 0.314 e. The number of rotatable bonds is 8. The zero-order chi connectivity index (χ0) is 19.1. The molecule has 1 heterocycles. The topological polar surface area (TPSA) is 66.2 Å². The van der Waals surface area contributed by atoms with Crippen LogP contribution in [-0.4, -0.2) is 30.7 Å². The lowest BCUT2D eigenvalue weighted by Gasteiger charge is -2.09. The fourth-order valence-electron chi connectivity index (χ4n) is 3.02. The maximum absolute atomic E-state index is 12.8. The lowest BCUT2D eigenvalue weighted by Crippen LogP contribution is -2.37. The molecule has 0 bridgehead atoms. The van der Waals surface area contributed by atoms with Crippen molar-refractivity contribution in [3.63, 3.8) is 0 Å². The average molecular weight is 369 g/mol. The van der Waals surface area contributed by atoms with Crippen molar-refractivity contribution in [1.82, 2.24) is 15.6 Å². The molecule has 3 rings (SSSR count). The SMILES string of the molecule is Cc1[nH]c2ccccc2c1CCNC(=O)NCCCOc1ccc(F)cc1. The molecule has 0 aliphatic heterocycles. The summed E-state index contributed by atoms with van der Waals surface area (Å²) in [6.45, 7) is 3.59. The molecule has 0 radical (unpaired) electrons. The number of amides is 2. The third-order valence-electron chi connectivity index (χ3n) is 4.38. The van der Waals surface area contributed by atoms with Gasteiger partial charge in [0.2, 0.25) is 0 Å². The summed E-state index contributed by atoms with van der Waals surface area (Å²) < 4.78 is 18.3. The number of fused-ring (bicyclic) bond motifs is 1. The summed E-state index contributed by atoms with van der Waals surface area (Å²) in [6, 6.07) is 13.9. The molecular formula is C21H24FN3O2. The molecular weight excluding hydrogens is 345 g/mol. The van der Waals surface area contributed by atoms with Gasteiger partial charge in [-0.2, -0.15) is 0 Å². The number of ether oxygens (including phenoxy) is 1. The van der Waals surface area contributed by atoms with E-state index < -0.39 is 0 Å². The minimum Gasteiger partial charge on any atom is -0.494 e. The van der Waals surface area contributed by atoms with E-state index in [-0.39, 0.29) is 11.8 Å². The normalized spacial score (nSPS) is 10.7. The summed E-state index contributed by atoms with van der Waals surface area (Å²) in [5.41, 5.74) is 3.49. The molecule has 6 heteroatoms. The second kappa shape index (κ2) is 9.07. The van der Waals surface area contributed by atoms with Crippen LogP contribution in [0.1, 0.15) is 17.7 Å². The number of benzene rings is 2. The van der Waals surface area contributed by atoms with E-state index in [0.717, 1.165) is 17.6 Å². The quantitative estimate of drug-likeness (QED) is 0.527. The Morgan fingerprint density at radius 2 is 1.81 bits per heavy atom. The number of carbonyl (C=O) groups is 1. The average Bonchev–Trinajstić information content (AvgIpc) is 2.98. The smallest absolute Gasteiger partial charge is 0.314 e. The Bertz CT molecular complexity index is 890. The molecule has 0 aliphatic carbocycles. The van der Waals surface area contributed by atoms with E-state index in [0.29, 0.717) is 31.9 Å². The lowest BCUT2D eigenvalue weighted by atomic mass is 10.1. The van der Waals surface area contributed by atoms with E-state index in [9.17, 15) is 9.18 Å². The molecule has 0 saturated heterocycles. The highest BCUT2D eigenvalue weighted by molar-refractivity contribution is 5.84. The zero-order valence-electron chi connectivity index (χ0n) is 15.3. The zero-order valence-corrected chi connectivity index (χ0v) is 15.3. The summed E-state index contributed by atoms with van der Waals surface area (Å²) in [5, 5.41) is 6.90. The van der Waals surface area contributed by atoms with Crippen LogP contribution >= 0.6 is 0 Å². The van der Waals surface area contributed by atoms with Gasteiger partial charge in [0, 0.05) is 29.7 Å². The number of hydrogen-bond acceptors (Lipinski definition) is 2. The van der Waals surface area contributed by atoms with Crippen molar-refractivity contribution in [3.8, 4) is 5.75 Å². The van der Waals surface area contributed by atoms with Gasteiger partial charge in [-0.15, -0.1) is 0 Å². The highest BCUT2D eigenvalue weighted by Gasteiger charge is 2.08. The van der Waals surface area contributed by atoms with E-state index in [4.69, 9.17) is 4.74 Å². The van der Waals surface area contributed by atoms with Crippen molar-refractivity contribution < 1.29 is 13.9 Å². The van der Waals surface area contributed by atoms with Crippen LogP contribution < -0.4 is 15.4 Å². The van der Waals surface area contributed by atoms with E-state index >= 15 is 0 Å². The van der Waals surface area contributed by atoms with Crippen LogP contribution in [0.2, 0.25) is 0 Å². The van der Waals surface area contributed by atoms with Crippen LogP contribution in [0.5, 0.6) is 5.75 Å². The molecule has 0 fully saturated rings. The Balaban J connectivity index is 1.32.